The molecule has 0 bridgehead atoms. The standard InChI is InChI=1S/C17H19N3/c1-18-14-7-5-6-13(10-14)11-19-16-12-20(2)17-9-4-3-8-15(16)17/h3-10,12,18-19H,11H2,1-2H3. The van der Waals surface area contributed by atoms with Gasteiger partial charge in [-0.2, -0.15) is 0 Å². The number of nitrogens with zero attached hydrogens (tertiary/aromatic N) is 1. The highest BCUT2D eigenvalue weighted by atomic mass is 15.0. The Morgan fingerprint density at radius 1 is 1.05 bits per heavy atom. The van der Waals surface area contributed by atoms with Crippen LogP contribution in [0.15, 0.2) is 54.7 Å². The van der Waals surface area contributed by atoms with E-state index < -0.39 is 0 Å². The zero-order chi connectivity index (χ0) is 13.9. The van der Waals surface area contributed by atoms with Crippen LogP contribution in [0.2, 0.25) is 0 Å². The quantitative estimate of drug-likeness (QED) is 0.750. The van der Waals surface area contributed by atoms with Crippen molar-refractivity contribution >= 4 is 22.3 Å². The van der Waals surface area contributed by atoms with Gasteiger partial charge in [-0.15, -0.1) is 0 Å². The maximum absolute atomic E-state index is 3.53. The minimum atomic E-state index is 0.823. The Kier molecular flexibility index (Phi) is 3.33. The van der Waals surface area contributed by atoms with Gasteiger partial charge in [-0.3, -0.25) is 0 Å². The van der Waals surface area contributed by atoms with Gasteiger partial charge in [0.2, 0.25) is 0 Å². The molecule has 0 fully saturated rings. The summed E-state index contributed by atoms with van der Waals surface area (Å²) < 4.78 is 2.15. The van der Waals surface area contributed by atoms with Crippen LogP contribution in [-0.2, 0) is 13.6 Å². The summed E-state index contributed by atoms with van der Waals surface area (Å²) in [6.45, 7) is 0.823. The van der Waals surface area contributed by atoms with Gasteiger partial charge in [-0.1, -0.05) is 30.3 Å². The Balaban J connectivity index is 1.83. The number of para-hydroxylation sites is 1. The molecule has 2 aromatic carbocycles. The number of aromatic nitrogens is 1. The minimum Gasteiger partial charge on any atom is -0.388 e. The SMILES string of the molecule is CNc1cccc(CNc2cn(C)c3ccccc23)c1. The van der Waals surface area contributed by atoms with Crippen LogP contribution in [-0.4, -0.2) is 11.6 Å². The molecule has 0 radical (unpaired) electrons. The molecule has 0 saturated heterocycles. The van der Waals surface area contributed by atoms with E-state index in [1.54, 1.807) is 0 Å². The first-order valence-corrected chi connectivity index (χ1v) is 6.82. The highest BCUT2D eigenvalue weighted by Crippen LogP contribution is 2.25. The van der Waals surface area contributed by atoms with Gasteiger partial charge in [0.1, 0.15) is 0 Å². The fourth-order valence-electron chi connectivity index (χ4n) is 2.52. The topological polar surface area (TPSA) is 29.0 Å². The molecule has 3 aromatic rings. The van der Waals surface area contributed by atoms with Crippen molar-refractivity contribution < 1.29 is 0 Å². The molecule has 0 aliphatic carbocycles. The smallest absolute Gasteiger partial charge is 0.0602 e. The molecule has 1 heterocycles. The molecule has 3 nitrogen and oxygen atoms in total. The molecular weight excluding hydrogens is 246 g/mol. The number of hydrogen-bond donors (Lipinski definition) is 2. The molecule has 0 aliphatic rings. The van der Waals surface area contributed by atoms with Gasteiger partial charge in [0, 0.05) is 43.4 Å². The van der Waals surface area contributed by atoms with Gasteiger partial charge in [0.05, 0.1) is 5.69 Å². The van der Waals surface area contributed by atoms with Crippen LogP contribution in [0.25, 0.3) is 10.9 Å². The van der Waals surface area contributed by atoms with Crippen molar-refractivity contribution in [1.82, 2.24) is 4.57 Å². The molecule has 0 saturated carbocycles. The number of anilines is 2. The highest BCUT2D eigenvalue weighted by molar-refractivity contribution is 5.92. The lowest BCUT2D eigenvalue weighted by Gasteiger charge is -2.07. The minimum absolute atomic E-state index is 0.823. The maximum atomic E-state index is 3.53. The molecule has 0 unspecified atom stereocenters. The van der Waals surface area contributed by atoms with Gasteiger partial charge in [-0.25, -0.2) is 0 Å². The number of rotatable bonds is 4. The van der Waals surface area contributed by atoms with Crippen LogP contribution in [0, 0.1) is 0 Å². The first kappa shape index (κ1) is 12.6. The number of aryl methyl sites for hydroxylation is 1. The molecule has 20 heavy (non-hydrogen) atoms. The lowest BCUT2D eigenvalue weighted by Crippen LogP contribution is -1.99. The summed E-state index contributed by atoms with van der Waals surface area (Å²) in [5, 5.41) is 7.96. The summed E-state index contributed by atoms with van der Waals surface area (Å²) >= 11 is 0. The van der Waals surface area contributed by atoms with Gasteiger partial charge < -0.3 is 15.2 Å². The van der Waals surface area contributed by atoms with E-state index in [2.05, 4.69) is 77.0 Å². The van der Waals surface area contributed by atoms with E-state index in [-0.39, 0.29) is 0 Å². The van der Waals surface area contributed by atoms with Gasteiger partial charge in [-0.05, 0) is 23.8 Å². The summed E-state index contributed by atoms with van der Waals surface area (Å²) in [4.78, 5) is 0. The molecule has 102 valence electrons. The largest absolute Gasteiger partial charge is 0.388 e. The Hall–Kier alpha value is -2.42. The molecule has 0 spiro atoms. The lowest BCUT2D eigenvalue weighted by molar-refractivity contribution is 0.967. The maximum Gasteiger partial charge on any atom is 0.0602 e. The van der Waals surface area contributed by atoms with Crippen LogP contribution in [0.3, 0.4) is 0 Å². The second-order valence-corrected chi connectivity index (χ2v) is 4.97. The molecule has 1 aromatic heterocycles. The monoisotopic (exact) mass is 265 g/mol. The van der Waals surface area contributed by atoms with E-state index >= 15 is 0 Å². The molecule has 0 amide bonds. The number of fused-ring (bicyclic) bond motifs is 1. The zero-order valence-corrected chi connectivity index (χ0v) is 11.9. The Bertz CT molecular complexity index is 728. The summed E-state index contributed by atoms with van der Waals surface area (Å²) in [6, 6.07) is 16.9. The molecule has 2 N–H and O–H groups in total. The van der Waals surface area contributed by atoms with Gasteiger partial charge in [0.25, 0.3) is 0 Å². The predicted octanol–water partition coefficient (Wildman–Crippen LogP) is 3.83. The van der Waals surface area contributed by atoms with Crippen molar-refractivity contribution in [3.8, 4) is 0 Å². The van der Waals surface area contributed by atoms with Crippen molar-refractivity contribution in [2.24, 2.45) is 7.05 Å². The summed E-state index contributed by atoms with van der Waals surface area (Å²) in [7, 11) is 4.02. The highest BCUT2D eigenvalue weighted by Gasteiger charge is 2.05. The Morgan fingerprint density at radius 2 is 1.90 bits per heavy atom. The van der Waals surface area contributed by atoms with Crippen LogP contribution in [0.5, 0.6) is 0 Å². The molecule has 0 atom stereocenters. The average Bonchev–Trinajstić information content (AvgIpc) is 2.82. The predicted molar refractivity (Wildman–Crippen MR) is 86.2 cm³/mol. The number of benzene rings is 2. The second-order valence-electron chi connectivity index (χ2n) is 4.97. The third-order valence-electron chi connectivity index (χ3n) is 3.60. The van der Waals surface area contributed by atoms with Gasteiger partial charge >= 0.3 is 0 Å². The van der Waals surface area contributed by atoms with Gasteiger partial charge in [0.15, 0.2) is 0 Å². The summed E-state index contributed by atoms with van der Waals surface area (Å²) in [5.74, 6) is 0. The zero-order valence-electron chi connectivity index (χ0n) is 11.9. The first-order valence-electron chi connectivity index (χ1n) is 6.82. The lowest BCUT2D eigenvalue weighted by atomic mass is 10.2. The first-order chi connectivity index (χ1) is 9.78. The van der Waals surface area contributed by atoms with E-state index in [1.807, 2.05) is 7.05 Å². The van der Waals surface area contributed by atoms with Crippen molar-refractivity contribution in [3.63, 3.8) is 0 Å². The van der Waals surface area contributed by atoms with Crippen molar-refractivity contribution in [3.05, 3.63) is 60.3 Å². The fraction of sp³-hybridized carbons (Fsp3) is 0.176. The average molecular weight is 265 g/mol. The van der Waals surface area contributed by atoms with Crippen LogP contribution >= 0.6 is 0 Å². The number of nitrogens with one attached hydrogen (secondary N) is 2. The molecular formula is C17H19N3. The van der Waals surface area contributed by atoms with Crippen molar-refractivity contribution in [2.75, 3.05) is 17.7 Å². The van der Waals surface area contributed by atoms with Crippen LogP contribution < -0.4 is 10.6 Å². The third kappa shape index (κ3) is 2.35. The third-order valence-corrected chi connectivity index (χ3v) is 3.60. The van der Waals surface area contributed by atoms with Crippen LogP contribution in [0.4, 0.5) is 11.4 Å². The molecule has 3 rings (SSSR count). The van der Waals surface area contributed by atoms with E-state index in [0.29, 0.717) is 0 Å². The normalized spacial score (nSPS) is 10.7. The summed E-state index contributed by atoms with van der Waals surface area (Å²) in [5.41, 5.74) is 4.84. The van der Waals surface area contributed by atoms with E-state index in [1.165, 1.54) is 22.2 Å². The van der Waals surface area contributed by atoms with Crippen molar-refractivity contribution in [1.29, 1.82) is 0 Å². The Labute approximate surface area is 119 Å². The van der Waals surface area contributed by atoms with E-state index in [0.717, 1.165) is 12.2 Å². The second kappa shape index (κ2) is 5.29. The molecule has 0 aliphatic heterocycles. The van der Waals surface area contributed by atoms with Crippen LogP contribution in [0.1, 0.15) is 5.56 Å². The fourth-order valence-corrected chi connectivity index (χ4v) is 2.52. The van der Waals surface area contributed by atoms with Crippen molar-refractivity contribution in [2.45, 2.75) is 6.54 Å². The molecule has 3 heteroatoms. The van der Waals surface area contributed by atoms with E-state index in [4.69, 9.17) is 0 Å². The summed E-state index contributed by atoms with van der Waals surface area (Å²) in [6.07, 6.45) is 2.15. The van der Waals surface area contributed by atoms with E-state index in [9.17, 15) is 0 Å². The Morgan fingerprint density at radius 3 is 2.75 bits per heavy atom. The number of hydrogen-bond acceptors (Lipinski definition) is 2.